The second-order valence-electron chi connectivity index (χ2n) is 6.33. The molecule has 0 radical (unpaired) electrons. The summed E-state index contributed by atoms with van der Waals surface area (Å²) in [5.41, 5.74) is 0. The Bertz CT molecular complexity index is 558. The first-order chi connectivity index (χ1) is 11.5. The molecule has 0 aliphatic carbocycles. The largest absolute Gasteiger partial charge is 0.481 e. The molecule has 8 nitrogen and oxygen atoms in total. The highest BCUT2D eigenvalue weighted by Gasteiger charge is 2.26. The summed E-state index contributed by atoms with van der Waals surface area (Å²) < 4.78 is 0. The smallest absolute Gasteiger partial charge is 0.306 e. The van der Waals surface area contributed by atoms with Gasteiger partial charge in [0, 0.05) is 52.3 Å². The second-order valence-corrected chi connectivity index (χ2v) is 6.33. The standard InChI is InChI=1S/C16H23N5O3/c1-12(22)19-6-8-21(9-7-19)15-10-14(17-11-18-15)20-4-2-13(3-5-20)16(23)24/h10-11,13H,2-9H2,1H3,(H,23,24). The zero-order valence-corrected chi connectivity index (χ0v) is 13.9. The summed E-state index contributed by atoms with van der Waals surface area (Å²) in [5.74, 6) is 0.865. The van der Waals surface area contributed by atoms with Crippen LogP contribution in [0.2, 0.25) is 0 Å². The van der Waals surface area contributed by atoms with E-state index in [0.29, 0.717) is 39.0 Å². The van der Waals surface area contributed by atoms with Crippen LogP contribution in [0.15, 0.2) is 12.4 Å². The lowest BCUT2D eigenvalue weighted by Gasteiger charge is -2.35. The van der Waals surface area contributed by atoms with Gasteiger partial charge < -0.3 is 19.8 Å². The van der Waals surface area contributed by atoms with Crippen LogP contribution in [0, 0.1) is 5.92 Å². The summed E-state index contributed by atoms with van der Waals surface area (Å²) in [6.45, 7) is 5.93. The number of aliphatic carboxylic acids is 1. The van der Waals surface area contributed by atoms with Crippen molar-refractivity contribution in [1.82, 2.24) is 14.9 Å². The minimum Gasteiger partial charge on any atom is -0.481 e. The molecule has 3 rings (SSSR count). The summed E-state index contributed by atoms with van der Waals surface area (Å²) in [4.78, 5) is 37.3. The molecule has 8 heteroatoms. The molecule has 1 amide bonds. The van der Waals surface area contributed by atoms with E-state index in [1.807, 2.05) is 11.0 Å². The molecule has 0 bridgehead atoms. The molecule has 2 fully saturated rings. The van der Waals surface area contributed by atoms with Crippen molar-refractivity contribution in [3.63, 3.8) is 0 Å². The van der Waals surface area contributed by atoms with Gasteiger partial charge in [0.05, 0.1) is 5.92 Å². The highest BCUT2D eigenvalue weighted by molar-refractivity contribution is 5.73. The molecule has 24 heavy (non-hydrogen) atoms. The Kier molecular flexibility index (Phi) is 4.82. The van der Waals surface area contributed by atoms with Crippen molar-refractivity contribution >= 4 is 23.5 Å². The fourth-order valence-corrected chi connectivity index (χ4v) is 3.29. The monoisotopic (exact) mass is 333 g/mol. The van der Waals surface area contributed by atoms with Gasteiger partial charge in [0.1, 0.15) is 18.0 Å². The lowest BCUT2D eigenvalue weighted by molar-refractivity contribution is -0.142. The lowest BCUT2D eigenvalue weighted by atomic mass is 9.97. The molecule has 3 heterocycles. The molecule has 1 aromatic heterocycles. The van der Waals surface area contributed by atoms with Crippen LogP contribution < -0.4 is 9.80 Å². The zero-order chi connectivity index (χ0) is 17.1. The number of carbonyl (C=O) groups is 2. The van der Waals surface area contributed by atoms with Gasteiger partial charge in [0.25, 0.3) is 0 Å². The molecule has 130 valence electrons. The van der Waals surface area contributed by atoms with Gasteiger partial charge >= 0.3 is 5.97 Å². The number of hydrogen-bond donors (Lipinski definition) is 1. The number of nitrogens with zero attached hydrogens (tertiary/aromatic N) is 5. The van der Waals surface area contributed by atoms with E-state index in [1.165, 1.54) is 0 Å². The lowest BCUT2D eigenvalue weighted by Crippen LogP contribution is -2.48. The molecule has 1 aromatic rings. The zero-order valence-electron chi connectivity index (χ0n) is 13.9. The first kappa shape index (κ1) is 16.5. The van der Waals surface area contributed by atoms with Crippen LogP contribution in [0.3, 0.4) is 0 Å². The number of rotatable bonds is 3. The van der Waals surface area contributed by atoms with E-state index in [9.17, 15) is 9.59 Å². The normalized spacial score (nSPS) is 19.5. The van der Waals surface area contributed by atoms with Gasteiger partial charge in [-0.15, -0.1) is 0 Å². The molecule has 2 aliphatic rings. The van der Waals surface area contributed by atoms with Crippen LogP contribution in [0.25, 0.3) is 0 Å². The van der Waals surface area contributed by atoms with Gasteiger partial charge in [0.2, 0.25) is 5.91 Å². The Hall–Kier alpha value is -2.38. The predicted octanol–water partition coefficient (Wildman–Crippen LogP) is 0.446. The molecule has 0 saturated carbocycles. The van der Waals surface area contributed by atoms with Crippen molar-refractivity contribution < 1.29 is 14.7 Å². The first-order valence-electron chi connectivity index (χ1n) is 8.35. The number of amides is 1. The number of carboxylic acid groups (broad SMARTS) is 1. The molecule has 0 atom stereocenters. The second kappa shape index (κ2) is 7.02. The quantitative estimate of drug-likeness (QED) is 0.858. The van der Waals surface area contributed by atoms with Crippen LogP contribution in [0.4, 0.5) is 11.6 Å². The molecular weight excluding hydrogens is 310 g/mol. The van der Waals surface area contributed by atoms with Crippen molar-refractivity contribution in [3.05, 3.63) is 12.4 Å². The Labute approximate surface area is 141 Å². The molecule has 0 aromatic carbocycles. The van der Waals surface area contributed by atoms with Crippen LogP contribution >= 0.6 is 0 Å². The SMILES string of the molecule is CC(=O)N1CCN(c2cc(N3CCC(C(=O)O)CC3)ncn2)CC1. The summed E-state index contributed by atoms with van der Waals surface area (Å²) in [6, 6.07) is 1.96. The molecule has 0 spiro atoms. The third kappa shape index (κ3) is 3.58. The summed E-state index contributed by atoms with van der Waals surface area (Å²) in [7, 11) is 0. The fourth-order valence-electron chi connectivity index (χ4n) is 3.29. The van der Waals surface area contributed by atoms with E-state index in [2.05, 4.69) is 19.8 Å². The van der Waals surface area contributed by atoms with Crippen LogP contribution in [-0.4, -0.2) is 71.1 Å². The number of hydrogen-bond acceptors (Lipinski definition) is 6. The number of piperidine rings is 1. The van der Waals surface area contributed by atoms with Crippen LogP contribution in [0.1, 0.15) is 19.8 Å². The summed E-state index contributed by atoms with van der Waals surface area (Å²) in [5, 5.41) is 9.09. The molecule has 2 saturated heterocycles. The van der Waals surface area contributed by atoms with Gasteiger partial charge in [-0.05, 0) is 12.8 Å². The number of aromatic nitrogens is 2. The van der Waals surface area contributed by atoms with Crippen LogP contribution in [-0.2, 0) is 9.59 Å². The Morgan fingerprint density at radius 3 is 2.04 bits per heavy atom. The number of carbonyl (C=O) groups excluding carboxylic acids is 1. The molecule has 1 N–H and O–H groups in total. The fraction of sp³-hybridized carbons (Fsp3) is 0.625. The van der Waals surface area contributed by atoms with E-state index in [-0.39, 0.29) is 11.8 Å². The maximum absolute atomic E-state index is 11.4. The molecular formula is C16H23N5O3. The predicted molar refractivity (Wildman–Crippen MR) is 89.1 cm³/mol. The van der Waals surface area contributed by atoms with Crippen molar-refractivity contribution in [2.45, 2.75) is 19.8 Å². The number of piperazine rings is 1. The third-order valence-electron chi connectivity index (χ3n) is 4.86. The van der Waals surface area contributed by atoms with Crippen molar-refractivity contribution in [3.8, 4) is 0 Å². The Morgan fingerprint density at radius 2 is 1.54 bits per heavy atom. The maximum Gasteiger partial charge on any atom is 0.306 e. The van der Waals surface area contributed by atoms with E-state index < -0.39 is 5.97 Å². The van der Waals surface area contributed by atoms with Gasteiger partial charge in [-0.3, -0.25) is 9.59 Å². The highest BCUT2D eigenvalue weighted by atomic mass is 16.4. The minimum absolute atomic E-state index is 0.110. The van der Waals surface area contributed by atoms with E-state index >= 15 is 0 Å². The number of anilines is 2. The van der Waals surface area contributed by atoms with Gasteiger partial charge in [-0.25, -0.2) is 9.97 Å². The van der Waals surface area contributed by atoms with E-state index in [0.717, 1.165) is 24.7 Å². The average Bonchev–Trinajstić information content (AvgIpc) is 2.62. The topological polar surface area (TPSA) is 89.9 Å². The maximum atomic E-state index is 11.4. The van der Waals surface area contributed by atoms with Gasteiger partial charge in [0.15, 0.2) is 0 Å². The molecule has 0 unspecified atom stereocenters. The van der Waals surface area contributed by atoms with Gasteiger partial charge in [-0.2, -0.15) is 0 Å². The van der Waals surface area contributed by atoms with Crippen molar-refractivity contribution in [1.29, 1.82) is 0 Å². The minimum atomic E-state index is -0.707. The van der Waals surface area contributed by atoms with Crippen molar-refractivity contribution in [2.75, 3.05) is 49.1 Å². The van der Waals surface area contributed by atoms with Crippen molar-refractivity contribution in [2.24, 2.45) is 5.92 Å². The highest BCUT2D eigenvalue weighted by Crippen LogP contribution is 2.24. The first-order valence-corrected chi connectivity index (χ1v) is 8.35. The van der Waals surface area contributed by atoms with Gasteiger partial charge in [-0.1, -0.05) is 0 Å². The van der Waals surface area contributed by atoms with E-state index in [4.69, 9.17) is 5.11 Å². The molecule has 2 aliphatic heterocycles. The summed E-state index contributed by atoms with van der Waals surface area (Å²) in [6.07, 6.45) is 2.85. The Balaban J connectivity index is 1.63. The average molecular weight is 333 g/mol. The Morgan fingerprint density at radius 1 is 1.00 bits per heavy atom. The van der Waals surface area contributed by atoms with Crippen LogP contribution in [0.5, 0.6) is 0 Å². The summed E-state index contributed by atoms with van der Waals surface area (Å²) >= 11 is 0. The van der Waals surface area contributed by atoms with E-state index in [1.54, 1.807) is 13.3 Å². The number of carboxylic acids is 1. The third-order valence-corrected chi connectivity index (χ3v) is 4.86.